The molecule has 14 heavy (non-hydrogen) atoms. The summed E-state index contributed by atoms with van der Waals surface area (Å²) in [6.45, 7) is 1.54. The molecule has 0 aliphatic rings. The Hall–Kier alpha value is -1.83. The number of carbonyl (C=O) groups excluding carboxylic acids is 1. The number of ketones is 1. The number of hydrogen-bond donors (Lipinski definition) is 1. The summed E-state index contributed by atoms with van der Waals surface area (Å²) in [6.07, 6.45) is 0. The number of carbonyl (C=O) groups is 1. The zero-order valence-corrected chi connectivity index (χ0v) is 7.82. The number of phenols is 1. The fraction of sp³-hybridized carbons (Fsp3) is 0.0833. The molecule has 0 heterocycles. The van der Waals surface area contributed by atoms with E-state index < -0.39 is 0 Å². The number of benzene rings is 2. The number of aromatic hydroxyl groups is 1. The second kappa shape index (κ2) is 3.14. The molecule has 1 N–H and O–H groups in total. The number of fused-ring (bicyclic) bond motifs is 1. The summed E-state index contributed by atoms with van der Waals surface area (Å²) in [5.74, 6) is 0.263. The lowest BCUT2D eigenvalue weighted by atomic mass is 10.0. The highest BCUT2D eigenvalue weighted by Gasteiger charge is 2.04. The van der Waals surface area contributed by atoms with Crippen LogP contribution in [0.1, 0.15) is 17.3 Å². The van der Waals surface area contributed by atoms with Gasteiger partial charge in [-0.1, -0.05) is 18.2 Å². The highest BCUT2D eigenvalue weighted by molar-refractivity contribution is 6.07. The topological polar surface area (TPSA) is 37.3 Å². The third-order valence-electron chi connectivity index (χ3n) is 2.24. The fourth-order valence-corrected chi connectivity index (χ4v) is 1.58. The molecule has 0 radical (unpaired) electrons. The number of phenolic OH excluding ortho intramolecular Hbond substituents is 1. The molecule has 2 heteroatoms. The van der Waals surface area contributed by atoms with Crippen LogP contribution in [0.2, 0.25) is 0 Å². The van der Waals surface area contributed by atoms with Crippen LogP contribution in [0.4, 0.5) is 0 Å². The van der Waals surface area contributed by atoms with Crippen LogP contribution in [0.3, 0.4) is 0 Å². The van der Waals surface area contributed by atoms with Crippen LogP contribution in [-0.2, 0) is 0 Å². The fourth-order valence-electron chi connectivity index (χ4n) is 1.58. The van der Waals surface area contributed by atoms with Gasteiger partial charge in [-0.15, -0.1) is 0 Å². The molecule has 0 unspecified atom stereocenters. The van der Waals surface area contributed by atoms with E-state index in [0.717, 1.165) is 10.8 Å². The summed E-state index contributed by atoms with van der Waals surface area (Å²) < 4.78 is 0. The van der Waals surface area contributed by atoms with Crippen molar-refractivity contribution in [2.75, 3.05) is 0 Å². The summed E-state index contributed by atoms with van der Waals surface area (Å²) >= 11 is 0. The van der Waals surface area contributed by atoms with Crippen molar-refractivity contribution in [1.82, 2.24) is 0 Å². The van der Waals surface area contributed by atoms with Crippen LogP contribution in [0, 0.1) is 0 Å². The summed E-state index contributed by atoms with van der Waals surface area (Å²) in [7, 11) is 0. The van der Waals surface area contributed by atoms with Gasteiger partial charge in [0, 0.05) is 5.56 Å². The Morgan fingerprint density at radius 3 is 2.71 bits per heavy atom. The SMILES string of the molecule is CC(=O)c1cccc2cc(O)ccc12. The van der Waals surface area contributed by atoms with Gasteiger partial charge in [0.15, 0.2) is 5.78 Å². The van der Waals surface area contributed by atoms with E-state index in [1.54, 1.807) is 31.2 Å². The molecule has 0 aliphatic heterocycles. The lowest BCUT2D eigenvalue weighted by molar-refractivity contribution is 0.101. The predicted molar refractivity (Wildman–Crippen MR) is 55.6 cm³/mol. The second-order valence-electron chi connectivity index (χ2n) is 3.27. The average Bonchev–Trinajstić information content (AvgIpc) is 2.16. The number of rotatable bonds is 1. The van der Waals surface area contributed by atoms with Crippen LogP contribution in [0.5, 0.6) is 5.75 Å². The van der Waals surface area contributed by atoms with Crippen molar-refractivity contribution in [3.05, 3.63) is 42.0 Å². The molecule has 0 aromatic heterocycles. The summed E-state index contributed by atoms with van der Waals surface area (Å²) in [5, 5.41) is 11.0. The van der Waals surface area contributed by atoms with Gasteiger partial charge in [-0.05, 0) is 35.9 Å². The minimum absolute atomic E-state index is 0.0429. The first-order chi connectivity index (χ1) is 6.68. The van der Waals surface area contributed by atoms with Crippen molar-refractivity contribution in [3.8, 4) is 5.75 Å². The van der Waals surface area contributed by atoms with Crippen molar-refractivity contribution < 1.29 is 9.90 Å². The van der Waals surface area contributed by atoms with Gasteiger partial charge in [0.2, 0.25) is 0 Å². The van der Waals surface area contributed by atoms with Crippen LogP contribution < -0.4 is 0 Å². The van der Waals surface area contributed by atoms with E-state index in [-0.39, 0.29) is 11.5 Å². The maximum Gasteiger partial charge on any atom is 0.160 e. The Kier molecular flexibility index (Phi) is 1.97. The maximum atomic E-state index is 11.3. The molecule has 0 amide bonds. The number of Topliss-reactive ketones (excluding diaryl/α,β-unsaturated/α-hetero) is 1. The quantitative estimate of drug-likeness (QED) is 0.695. The van der Waals surface area contributed by atoms with E-state index in [2.05, 4.69) is 0 Å². The first-order valence-corrected chi connectivity index (χ1v) is 4.41. The maximum absolute atomic E-state index is 11.3. The van der Waals surface area contributed by atoms with Crippen molar-refractivity contribution >= 4 is 16.6 Å². The first kappa shape index (κ1) is 8.75. The number of hydrogen-bond acceptors (Lipinski definition) is 2. The molecule has 2 rings (SSSR count). The molecule has 0 atom stereocenters. The monoisotopic (exact) mass is 186 g/mol. The zero-order valence-electron chi connectivity index (χ0n) is 7.82. The Labute approximate surface area is 81.8 Å². The van der Waals surface area contributed by atoms with Crippen LogP contribution >= 0.6 is 0 Å². The first-order valence-electron chi connectivity index (χ1n) is 4.41. The van der Waals surface area contributed by atoms with Gasteiger partial charge in [-0.25, -0.2) is 0 Å². The van der Waals surface area contributed by atoms with E-state index >= 15 is 0 Å². The van der Waals surface area contributed by atoms with Gasteiger partial charge in [0.25, 0.3) is 0 Å². The molecule has 2 aromatic carbocycles. The normalized spacial score (nSPS) is 10.4. The Balaban J connectivity index is 2.81. The molecule has 0 aliphatic carbocycles. The summed E-state index contributed by atoms with van der Waals surface area (Å²) in [5.41, 5.74) is 0.697. The van der Waals surface area contributed by atoms with Gasteiger partial charge in [-0.2, -0.15) is 0 Å². The third kappa shape index (κ3) is 1.35. The highest BCUT2D eigenvalue weighted by Crippen LogP contribution is 2.23. The molecule has 2 nitrogen and oxygen atoms in total. The van der Waals surface area contributed by atoms with Gasteiger partial charge in [0.05, 0.1) is 0 Å². The highest BCUT2D eigenvalue weighted by atomic mass is 16.3. The van der Waals surface area contributed by atoms with Gasteiger partial charge >= 0.3 is 0 Å². The van der Waals surface area contributed by atoms with E-state index in [1.165, 1.54) is 0 Å². The van der Waals surface area contributed by atoms with E-state index in [4.69, 9.17) is 0 Å². The third-order valence-corrected chi connectivity index (χ3v) is 2.24. The lowest BCUT2D eigenvalue weighted by Gasteiger charge is -2.03. The Morgan fingerprint density at radius 1 is 1.21 bits per heavy atom. The minimum Gasteiger partial charge on any atom is -0.508 e. The Morgan fingerprint density at radius 2 is 2.00 bits per heavy atom. The lowest BCUT2D eigenvalue weighted by Crippen LogP contribution is -1.92. The van der Waals surface area contributed by atoms with E-state index in [9.17, 15) is 9.90 Å². The minimum atomic E-state index is 0.0429. The molecule has 0 bridgehead atoms. The van der Waals surface area contributed by atoms with E-state index in [0.29, 0.717) is 5.56 Å². The largest absolute Gasteiger partial charge is 0.508 e. The second-order valence-corrected chi connectivity index (χ2v) is 3.27. The summed E-state index contributed by atoms with van der Waals surface area (Å²) in [6, 6.07) is 10.5. The van der Waals surface area contributed by atoms with Crippen molar-refractivity contribution in [2.24, 2.45) is 0 Å². The molecule has 0 fully saturated rings. The molecule has 0 saturated heterocycles. The average molecular weight is 186 g/mol. The predicted octanol–water partition coefficient (Wildman–Crippen LogP) is 2.75. The molecule has 70 valence electrons. The smallest absolute Gasteiger partial charge is 0.160 e. The van der Waals surface area contributed by atoms with Gasteiger partial charge < -0.3 is 5.11 Å². The molecule has 2 aromatic rings. The van der Waals surface area contributed by atoms with Crippen molar-refractivity contribution in [1.29, 1.82) is 0 Å². The molecule has 0 spiro atoms. The Bertz CT molecular complexity index is 501. The van der Waals surface area contributed by atoms with Gasteiger partial charge in [-0.3, -0.25) is 4.79 Å². The van der Waals surface area contributed by atoms with Crippen molar-refractivity contribution in [2.45, 2.75) is 6.92 Å². The summed E-state index contributed by atoms with van der Waals surface area (Å²) in [4.78, 5) is 11.3. The molecule has 0 saturated carbocycles. The standard InChI is InChI=1S/C12H10O2/c1-8(13)11-4-2-3-9-7-10(14)5-6-12(9)11/h2-7,14H,1H3. The van der Waals surface area contributed by atoms with Crippen LogP contribution in [0.15, 0.2) is 36.4 Å². The van der Waals surface area contributed by atoms with Gasteiger partial charge in [0.1, 0.15) is 5.75 Å². The van der Waals surface area contributed by atoms with Crippen LogP contribution in [0.25, 0.3) is 10.8 Å². The van der Waals surface area contributed by atoms with Crippen LogP contribution in [-0.4, -0.2) is 10.9 Å². The van der Waals surface area contributed by atoms with Crippen molar-refractivity contribution in [3.63, 3.8) is 0 Å². The van der Waals surface area contributed by atoms with E-state index in [1.807, 2.05) is 12.1 Å². The molecular weight excluding hydrogens is 176 g/mol. The zero-order chi connectivity index (χ0) is 10.1. The molecular formula is C12H10O2.